The largest absolute Gasteiger partial charge is 0.387 e. The van der Waals surface area contributed by atoms with Gasteiger partial charge in [-0.15, -0.1) is 0 Å². The van der Waals surface area contributed by atoms with Gasteiger partial charge in [0.25, 0.3) is 0 Å². The number of hydrogen-bond donors (Lipinski definition) is 1. The molecule has 0 aliphatic rings. The fourth-order valence-electron chi connectivity index (χ4n) is 0.908. The smallest absolute Gasteiger partial charge is 0.0930 e. The summed E-state index contributed by atoms with van der Waals surface area (Å²) in [6.45, 7) is 1.94. The van der Waals surface area contributed by atoms with Gasteiger partial charge in [0.15, 0.2) is 0 Å². The molecule has 0 saturated heterocycles. The molecule has 1 heterocycles. The Labute approximate surface area is 69.7 Å². The molecule has 1 N–H and O–H groups in total. The maximum absolute atomic E-state index is 9.37. The molecule has 1 atom stereocenters. The van der Waals surface area contributed by atoms with Crippen LogP contribution in [0.25, 0.3) is 0 Å². The van der Waals surface area contributed by atoms with Gasteiger partial charge in [-0.05, 0) is 28.8 Å². The molecule has 0 bridgehead atoms. The first-order chi connectivity index (χ1) is 5.25. The molecule has 1 aromatic heterocycles. The van der Waals surface area contributed by atoms with Crippen molar-refractivity contribution in [1.82, 2.24) is 0 Å². The van der Waals surface area contributed by atoms with Crippen molar-refractivity contribution in [2.24, 2.45) is 0 Å². The molecule has 0 aliphatic carbocycles. The molecule has 1 unspecified atom stereocenters. The van der Waals surface area contributed by atoms with Gasteiger partial charge in [0, 0.05) is 0 Å². The fourth-order valence-corrected chi connectivity index (χ4v) is 1.81. The number of aliphatic hydroxyl groups is 1. The fraction of sp³-hybridized carbons (Fsp3) is 0.375. The van der Waals surface area contributed by atoms with Gasteiger partial charge in [-0.2, -0.15) is 16.6 Å². The second-order valence-corrected chi connectivity index (χ2v) is 3.13. The van der Waals surface area contributed by atoms with Crippen LogP contribution in [-0.2, 0) is 0 Å². The quantitative estimate of drug-likeness (QED) is 0.732. The lowest BCUT2D eigenvalue weighted by atomic mass is 10.1. The van der Waals surface area contributed by atoms with Crippen LogP contribution in [0.5, 0.6) is 0 Å². The third-order valence-corrected chi connectivity index (χ3v) is 2.42. The number of nitriles is 1. The summed E-state index contributed by atoms with van der Waals surface area (Å²) in [6, 6.07) is 1.94. The van der Waals surface area contributed by atoms with Crippen molar-refractivity contribution in [1.29, 1.82) is 5.26 Å². The Bertz CT molecular complexity index is 274. The highest BCUT2D eigenvalue weighted by atomic mass is 32.1. The Kier molecular flexibility index (Phi) is 2.64. The third-order valence-electron chi connectivity index (χ3n) is 1.54. The van der Waals surface area contributed by atoms with Crippen molar-refractivity contribution < 1.29 is 5.11 Å². The van der Waals surface area contributed by atoms with E-state index in [4.69, 9.17) is 5.26 Å². The lowest BCUT2D eigenvalue weighted by Crippen LogP contribution is -1.95. The Morgan fingerprint density at radius 3 is 2.91 bits per heavy atom. The maximum atomic E-state index is 9.37. The van der Waals surface area contributed by atoms with Gasteiger partial charge in [0.05, 0.1) is 18.6 Å². The van der Waals surface area contributed by atoms with Crippen LogP contribution < -0.4 is 0 Å². The van der Waals surface area contributed by atoms with E-state index in [1.54, 1.807) is 11.3 Å². The molecule has 0 spiro atoms. The van der Waals surface area contributed by atoms with Crippen molar-refractivity contribution in [2.75, 3.05) is 0 Å². The van der Waals surface area contributed by atoms with Crippen molar-refractivity contribution >= 4 is 11.3 Å². The van der Waals surface area contributed by atoms with E-state index in [-0.39, 0.29) is 6.42 Å². The van der Waals surface area contributed by atoms with Crippen molar-refractivity contribution in [3.05, 3.63) is 21.9 Å². The van der Waals surface area contributed by atoms with Crippen molar-refractivity contribution in [3.8, 4) is 6.07 Å². The Hall–Kier alpha value is -0.850. The highest BCUT2D eigenvalue weighted by Gasteiger charge is 2.09. The van der Waals surface area contributed by atoms with Gasteiger partial charge < -0.3 is 5.11 Å². The molecule has 0 saturated carbocycles. The van der Waals surface area contributed by atoms with Gasteiger partial charge in [0.1, 0.15) is 0 Å². The summed E-state index contributed by atoms with van der Waals surface area (Å²) in [5.41, 5.74) is 1.95. The van der Waals surface area contributed by atoms with Gasteiger partial charge in [0.2, 0.25) is 0 Å². The summed E-state index contributed by atoms with van der Waals surface area (Å²) in [4.78, 5) is 0. The molecule has 0 aromatic carbocycles. The SMILES string of the molecule is Cc1cscc1C(O)CC#N. The number of hydrogen-bond acceptors (Lipinski definition) is 3. The van der Waals surface area contributed by atoms with E-state index in [0.29, 0.717) is 0 Å². The number of thiophene rings is 1. The van der Waals surface area contributed by atoms with E-state index >= 15 is 0 Å². The van der Waals surface area contributed by atoms with Crippen LogP contribution in [0.3, 0.4) is 0 Å². The summed E-state index contributed by atoms with van der Waals surface area (Å²) in [7, 11) is 0. The first-order valence-corrected chi connectivity index (χ1v) is 4.27. The molecule has 0 amide bonds. The molecule has 1 aromatic rings. The first kappa shape index (κ1) is 8.25. The van der Waals surface area contributed by atoms with Gasteiger partial charge >= 0.3 is 0 Å². The zero-order chi connectivity index (χ0) is 8.27. The number of aliphatic hydroxyl groups excluding tert-OH is 1. The van der Waals surface area contributed by atoms with Crippen LogP contribution >= 0.6 is 11.3 Å². The van der Waals surface area contributed by atoms with E-state index in [2.05, 4.69) is 0 Å². The molecule has 58 valence electrons. The van der Waals surface area contributed by atoms with Crippen LogP contribution in [0.1, 0.15) is 23.7 Å². The Morgan fingerprint density at radius 1 is 1.73 bits per heavy atom. The highest BCUT2D eigenvalue weighted by molar-refractivity contribution is 7.08. The van der Waals surface area contributed by atoms with Gasteiger partial charge in [-0.1, -0.05) is 0 Å². The van der Waals surface area contributed by atoms with Crippen LogP contribution in [0.4, 0.5) is 0 Å². The molecule has 1 rings (SSSR count). The molecular weight excluding hydrogens is 158 g/mol. The zero-order valence-corrected chi connectivity index (χ0v) is 7.06. The summed E-state index contributed by atoms with van der Waals surface area (Å²) in [6.07, 6.45) is -0.427. The van der Waals surface area contributed by atoms with Crippen molar-refractivity contribution in [2.45, 2.75) is 19.4 Å². The van der Waals surface area contributed by atoms with E-state index < -0.39 is 6.10 Å². The Morgan fingerprint density at radius 2 is 2.45 bits per heavy atom. The lowest BCUT2D eigenvalue weighted by molar-refractivity contribution is 0.183. The maximum Gasteiger partial charge on any atom is 0.0930 e. The second kappa shape index (κ2) is 3.51. The Balaban J connectivity index is 2.77. The minimum Gasteiger partial charge on any atom is -0.387 e. The minimum absolute atomic E-state index is 0.178. The minimum atomic E-state index is -0.605. The van der Waals surface area contributed by atoms with E-state index in [9.17, 15) is 5.11 Å². The van der Waals surface area contributed by atoms with Crippen LogP contribution in [0, 0.1) is 18.3 Å². The first-order valence-electron chi connectivity index (χ1n) is 3.33. The predicted octanol–water partition coefficient (Wildman–Crippen LogP) is 2.00. The predicted molar refractivity (Wildman–Crippen MR) is 44.2 cm³/mol. The van der Waals surface area contributed by atoms with E-state index in [1.165, 1.54) is 0 Å². The van der Waals surface area contributed by atoms with Crippen LogP contribution in [0.2, 0.25) is 0 Å². The molecular formula is C8H9NOS. The molecule has 3 heteroatoms. The van der Waals surface area contributed by atoms with E-state index in [1.807, 2.05) is 23.8 Å². The normalized spacial score (nSPS) is 12.5. The lowest BCUT2D eigenvalue weighted by Gasteiger charge is -2.03. The average molecular weight is 167 g/mol. The van der Waals surface area contributed by atoms with Crippen molar-refractivity contribution in [3.63, 3.8) is 0 Å². The molecule has 2 nitrogen and oxygen atoms in total. The summed E-state index contributed by atoms with van der Waals surface area (Å²) >= 11 is 1.55. The topological polar surface area (TPSA) is 44.0 Å². The van der Waals surface area contributed by atoms with Crippen LogP contribution in [-0.4, -0.2) is 5.11 Å². The third kappa shape index (κ3) is 1.79. The molecule has 0 aliphatic heterocycles. The summed E-state index contributed by atoms with van der Waals surface area (Å²) in [5.74, 6) is 0. The number of aryl methyl sites for hydroxylation is 1. The van der Waals surface area contributed by atoms with Gasteiger partial charge in [-0.3, -0.25) is 0 Å². The van der Waals surface area contributed by atoms with Crippen LogP contribution in [0.15, 0.2) is 10.8 Å². The monoisotopic (exact) mass is 167 g/mol. The number of rotatable bonds is 2. The highest BCUT2D eigenvalue weighted by Crippen LogP contribution is 2.23. The standard InChI is InChI=1S/C8H9NOS/c1-6-4-11-5-7(6)8(10)2-3-9/h4-5,8,10H,2H2,1H3. The summed E-state index contributed by atoms with van der Waals surface area (Å²) < 4.78 is 0. The molecule has 0 fully saturated rings. The second-order valence-electron chi connectivity index (χ2n) is 2.39. The molecule has 0 radical (unpaired) electrons. The van der Waals surface area contributed by atoms with Gasteiger partial charge in [-0.25, -0.2) is 0 Å². The number of nitrogens with zero attached hydrogens (tertiary/aromatic N) is 1. The molecule has 11 heavy (non-hydrogen) atoms. The zero-order valence-electron chi connectivity index (χ0n) is 6.24. The van der Waals surface area contributed by atoms with E-state index in [0.717, 1.165) is 11.1 Å². The summed E-state index contributed by atoms with van der Waals surface area (Å²) in [5, 5.41) is 21.5. The average Bonchev–Trinajstić information content (AvgIpc) is 2.36.